The second-order valence-electron chi connectivity index (χ2n) is 5.32. The van der Waals surface area contributed by atoms with Crippen molar-refractivity contribution in [3.8, 4) is 5.69 Å². The van der Waals surface area contributed by atoms with Gasteiger partial charge in [-0.05, 0) is 29.8 Å². The van der Waals surface area contributed by atoms with Gasteiger partial charge in [-0.1, -0.05) is 46.3 Å². The molecule has 0 spiro atoms. The molecule has 0 unspecified atom stereocenters. The van der Waals surface area contributed by atoms with Crippen LogP contribution in [0.1, 0.15) is 5.56 Å². The zero-order valence-electron chi connectivity index (χ0n) is 13.0. The van der Waals surface area contributed by atoms with Gasteiger partial charge in [0.15, 0.2) is 5.65 Å². The molecule has 2 aromatic carbocycles. The van der Waals surface area contributed by atoms with E-state index in [9.17, 15) is 4.79 Å². The van der Waals surface area contributed by atoms with Crippen LogP contribution in [0.25, 0.3) is 16.7 Å². The molecule has 0 saturated heterocycles. The fourth-order valence-electron chi connectivity index (χ4n) is 2.42. The largest absolute Gasteiger partial charge is 0.285 e. The first-order valence-electron chi connectivity index (χ1n) is 7.53. The van der Waals surface area contributed by atoms with Gasteiger partial charge in [0.25, 0.3) is 5.56 Å². The maximum atomic E-state index is 12.6. The van der Waals surface area contributed by atoms with E-state index in [1.54, 1.807) is 10.9 Å². The Morgan fingerprint density at radius 2 is 1.80 bits per heavy atom. The fraction of sp³-hybridized carbons (Fsp3) is 0. The third-order valence-electron chi connectivity index (χ3n) is 3.67. The predicted octanol–water partition coefficient (Wildman–Crippen LogP) is 3.23. The number of fused-ring (bicyclic) bond motifs is 1. The highest BCUT2D eigenvalue weighted by molar-refractivity contribution is 9.10. The second kappa shape index (κ2) is 6.45. The van der Waals surface area contributed by atoms with Crippen molar-refractivity contribution in [1.82, 2.24) is 19.4 Å². The molecule has 122 valence electrons. The molecule has 0 aliphatic carbocycles. The average Bonchev–Trinajstić information content (AvgIpc) is 3.08. The summed E-state index contributed by atoms with van der Waals surface area (Å²) in [6.45, 7) is 0. The van der Waals surface area contributed by atoms with Crippen molar-refractivity contribution in [3.63, 3.8) is 0 Å². The molecule has 0 bridgehead atoms. The van der Waals surface area contributed by atoms with Gasteiger partial charge in [-0.2, -0.15) is 14.9 Å². The van der Waals surface area contributed by atoms with E-state index in [2.05, 4.69) is 31.1 Å². The molecule has 0 saturated carbocycles. The second-order valence-corrected chi connectivity index (χ2v) is 6.24. The predicted molar refractivity (Wildman–Crippen MR) is 100 cm³/mol. The molecule has 0 fully saturated rings. The Balaban J connectivity index is 1.74. The molecule has 0 radical (unpaired) electrons. The molecule has 2 heterocycles. The first-order chi connectivity index (χ1) is 12.2. The summed E-state index contributed by atoms with van der Waals surface area (Å²) in [5, 5.41) is 8.90. The lowest BCUT2D eigenvalue weighted by Gasteiger charge is -2.02. The van der Waals surface area contributed by atoms with E-state index in [0.29, 0.717) is 11.0 Å². The van der Waals surface area contributed by atoms with Gasteiger partial charge in [0.05, 0.1) is 18.1 Å². The molecular weight excluding hydrogens is 382 g/mol. The molecule has 4 aromatic rings. The smallest absolute Gasteiger partial charge is 0.266 e. The van der Waals surface area contributed by atoms with Gasteiger partial charge in [-0.25, -0.2) is 9.67 Å². The standard InChI is InChI=1S/C18H12BrN5O/c19-14-8-6-13(7-9-14)10-21-23-12-20-17-16(18(23)25)11-22-24(17)15-4-2-1-3-5-15/h1-12H/b21-10-. The summed E-state index contributed by atoms with van der Waals surface area (Å²) in [6, 6.07) is 17.2. The van der Waals surface area contributed by atoms with Crippen LogP contribution in [-0.4, -0.2) is 25.7 Å². The summed E-state index contributed by atoms with van der Waals surface area (Å²) < 4.78 is 3.83. The number of nitrogens with zero attached hydrogens (tertiary/aromatic N) is 5. The molecule has 4 rings (SSSR count). The maximum absolute atomic E-state index is 12.6. The van der Waals surface area contributed by atoms with Crippen molar-refractivity contribution in [2.45, 2.75) is 0 Å². The first kappa shape index (κ1) is 15.5. The summed E-state index contributed by atoms with van der Waals surface area (Å²) in [6.07, 6.45) is 4.54. The van der Waals surface area contributed by atoms with Crippen LogP contribution in [0.2, 0.25) is 0 Å². The van der Waals surface area contributed by atoms with Crippen molar-refractivity contribution in [2.75, 3.05) is 0 Å². The molecule has 0 N–H and O–H groups in total. The van der Waals surface area contributed by atoms with E-state index < -0.39 is 0 Å². The normalized spacial score (nSPS) is 11.4. The third kappa shape index (κ3) is 3.01. The minimum atomic E-state index is -0.263. The van der Waals surface area contributed by atoms with Gasteiger partial charge in [0.1, 0.15) is 11.7 Å². The zero-order chi connectivity index (χ0) is 17.2. The quantitative estimate of drug-likeness (QED) is 0.502. The summed E-state index contributed by atoms with van der Waals surface area (Å²) in [5.41, 5.74) is 1.97. The number of halogens is 1. The molecule has 0 atom stereocenters. The molecule has 7 heteroatoms. The van der Waals surface area contributed by atoms with Gasteiger partial charge in [0, 0.05) is 4.47 Å². The highest BCUT2D eigenvalue weighted by atomic mass is 79.9. The Kier molecular flexibility index (Phi) is 3.99. The van der Waals surface area contributed by atoms with Crippen LogP contribution in [0, 0.1) is 0 Å². The highest BCUT2D eigenvalue weighted by Crippen LogP contribution is 2.13. The number of benzene rings is 2. The summed E-state index contributed by atoms with van der Waals surface area (Å²) >= 11 is 3.38. The van der Waals surface area contributed by atoms with E-state index in [1.807, 2.05) is 54.6 Å². The minimum absolute atomic E-state index is 0.263. The minimum Gasteiger partial charge on any atom is -0.266 e. The zero-order valence-corrected chi connectivity index (χ0v) is 14.5. The maximum Gasteiger partial charge on any atom is 0.285 e. The number of hydrogen-bond acceptors (Lipinski definition) is 4. The van der Waals surface area contributed by atoms with Gasteiger partial charge < -0.3 is 0 Å². The van der Waals surface area contributed by atoms with E-state index >= 15 is 0 Å². The highest BCUT2D eigenvalue weighted by Gasteiger charge is 2.10. The van der Waals surface area contributed by atoms with Crippen LogP contribution in [0.4, 0.5) is 0 Å². The SMILES string of the molecule is O=c1c2cnn(-c3ccccc3)c2ncn1/N=C\c1ccc(Br)cc1. The molecular formula is C18H12BrN5O. The van der Waals surface area contributed by atoms with Crippen LogP contribution < -0.4 is 5.56 Å². The van der Waals surface area contributed by atoms with Crippen LogP contribution in [0.15, 0.2) is 81.5 Å². The Morgan fingerprint density at radius 3 is 2.56 bits per heavy atom. The van der Waals surface area contributed by atoms with Crippen molar-refractivity contribution >= 4 is 33.2 Å². The van der Waals surface area contributed by atoms with E-state index in [-0.39, 0.29) is 5.56 Å². The lowest BCUT2D eigenvalue weighted by Crippen LogP contribution is -2.17. The van der Waals surface area contributed by atoms with Crippen LogP contribution >= 0.6 is 15.9 Å². The monoisotopic (exact) mass is 393 g/mol. The van der Waals surface area contributed by atoms with Crippen LogP contribution in [0.5, 0.6) is 0 Å². The number of hydrogen-bond donors (Lipinski definition) is 0. The van der Waals surface area contributed by atoms with Gasteiger partial charge >= 0.3 is 0 Å². The summed E-state index contributed by atoms with van der Waals surface area (Å²) in [5.74, 6) is 0. The Bertz CT molecular complexity index is 1110. The molecule has 0 aliphatic heterocycles. The Hall–Kier alpha value is -3.06. The van der Waals surface area contributed by atoms with Gasteiger partial charge in [-0.15, -0.1) is 0 Å². The van der Waals surface area contributed by atoms with Crippen molar-refractivity contribution in [1.29, 1.82) is 0 Å². The summed E-state index contributed by atoms with van der Waals surface area (Å²) in [4.78, 5) is 16.9. The molecule has 0 aliphatic rings. The number of rotatable bonds is 3. The number of aromatic nitrogens is 4. The van der Waals surface area contributed by atoms with Crippen LogP contribution in [-0.2, 0) is 0 Å². The van der Waals surface area contributed by atoms with Crippen molar-refractivity contribution in [2.24, 2.45) is 5.10 Å². The first-order valence-corrected chi connectivity index (χ1v) is 8.32. The fourth-order valence-corrected chi connectivity index (χ4v) is 2.68. The van der Waals surface area contributed by atoms with E-state index in [0.717, 1.165) is 15.7 Å². The topological polar surface area (TPSA) is 65.1 Å². The Morgan fingerprint density at radius 1 is 1.04 bits per heavy atom. The molecule has 25 heavy (non-hydrogen) atoms. The van der Waals surface area contributed by atoms with E-state index in [4.69, 9.17) is 0 Å². The average molecular weight is 394 g/mol. The molecule has 6 nitrogen and oxygen atoms in total. The molecule has 2 aromatic heterocycles. The number of para-hydroxylation sites is 1. The van der Waals surface area contributed by atoms with Gasteiger partial charge in [0.2, 0.25) is 0 Å². The van der Waals surface area contributed by atoms with Crippen LogP contribution in [0.3, 0.4) is 0 Å². The lowest BCUT2D eigenvalue weighted by molar-refractivity contribution is 0.809. The lowest BCUT2D eigenvalue weighted by atomic mass is 10.2. The van der Waals surface area contributed by atoms with E-state index in [1.165, 1.54) is 17.2 Å². The third-order valence-corrected chi connectivity index (χ3v) is 4.20. The summed E-state index contributed by atoms with van der Waals surface area (Å²) in [7, 11) is 0. The molecule has 0 amide bonds. The Labute approximate surface area is 151 Å². The van der Waals surface area contributed by atoms with Crippen molar-refractivity contribution in [3.05, 3.63) is 87.5 Å². The van der Waals surface area contributed by atoms with Gasteiger partial charge in [-0.3, -0.25) is 4.79 Å². The van der Waals surface area contributed by atoms with Crippen molar-refractivity contribution < 1.29 is 0 Å².